The molecule has 2 amide bonds. The Morgan fingerprint density at radius 3 is 1.83 bits per heavy atom. The molecule has 0 atom stereocenters. The molecule has 0 N–H and O–H groups in total. The van der Waals surface area contributed by atoms with Gasteiger partial charge in [-0.2, -0.15) is 0 Å². The van der Waals surface area contributed by atoms with Crippen LogP contribution in [0.4, 0.5) is 0 Å². The minimum Gasteiger partial charge on any atom is -0.342 e. The van der Waals surface area contributed by atoms with Crippen molar-refractivity contribution in [1.29, 1.82) is 0 Å². The Hall–Kier alpha value is -2.92. The van der Waals surface area contributed by atoms with Crippen LogP contribution in [0.2, 0.25) is 0 Å². The molecule has 0 bridgehead atoms. The van der Waals surface area contributed by atoms with Crippen LogP contribution >= 0.6 is 0 Å². The maximum Gasteiger partial charge on any atom is 0.255 e. The van der Waals surface area contributed by atoms with Gasteiger partial charge in [-0.05, 0) is 53.3 Å². The summed E-state index contributed by atoms with van der Waals surface area (Å²) in [6, 6.07) is 19.2. The van der Waals surface area contributed by atoms with Crippen LogP contribution in [0.1, 0.15) is 55.3 Å². The summed E-state index contributed by atoms with van der Waals surface area (Å²) in [7, 11) is 0. The molecule has 36 heavy (non-hydrogen) atoms. The summed E-state index contributed by atoms with van der Waals surface area (Å²) in [6.45, 7) is 5.13. The molecule has 2 aliphatic heterocycles. The number of hydrogen-bond acceptors (Lipinski definition) is 3. The van der Waals surface area contributed by atoms with Crippen LogP contribution in [0.3, 0.4) is 0 Å². The van der Waals surface area contributed by atoms with E-state index < -0.39 is 0 Å². The summed E-state index contributed by atoms with van der Waals surface area (Å²) >= 11 is 0. The van der Waals surface area contributed by atoms with Gasteiger partial charge >= 0.3 is 0 Å². The van der Waals surface area contributed by atoms with Gasteiger partial charge in [0.1, 0.15) is 0 Å². The first-order chi connectivity index (χ1) is 17.7. The van der Waals surface area contributed by atoms with Gasteiger partial charge in [0.2, 0.25) is 5.91 Å². The molecule has 5 heteroatoms. The fourth-order valence-corrected chi connectivity index (χ4v) is 6.75. The number of nitrogens with zero attached hydrogens (tertiary/aromatic N) is 3. The van der Waals surface area contributed by atoms with Crippen LogP contribution in [0.25, 0.3) is 21.5 Å². The predicted octanol–water partition coefficient (Wildman–Crippen LogP) is 5.32. The van der Waals surface area contributed by atoms with Crippen LogP contribution in [-0.4, -0.2) is 71.8 Å². The van der Waals surface area contributed by atoms with Crippen LogP contribution in [0.5, 0.6) is 0 Å². The normalized spacial score (nSPS) is 20.8. The van der Waals surface area contributed by atoms with Gasteiger partial charge in [0.25, 0.3) is 5.91 Å². The van der Waals surface area contributed by atoms with Crippen molar-refractivity contribution in [3.63, 3.8) is 0 Å². The molecule has 0 aromatic heterocycles. The van der Waals surface area contributed by atoms with E-state index in [1.807, 2.05) is 29.2 Å². The zero-order valence-electron chi connectivity index (χ0n) is 21.2. The number of benzene rings is 3. The number of piperidine rings is 1. The van der Waals surface area contributed by atoms with Crippen molar-refractivity contribution >= 4 is 33.4 Å². The summed E-state index contributed by atoms with van der Waals surface area (Å²) in [4.78, 5) is 33.5. The second kappa shape index (κ2) is 10.2. The summed E-state index contributed by atoms with van der Waals surface area (Å²) < 4.78 is 0. The summed E-state index contributed by atoms with van der Waals surface area (Å²) in [5, 5.41) is 4.32. The van der Waals surface area contributed by atoms with Crippen LogP contribution in [-0.2, 0) is 4.79 Å². The van der Waals surface area contributed by atoms with Gasteiger partial charge in [-0.15, -0.1) is 0 Å². The summed E-state index contributed by atoms with van der Waals surface area (Å²) in [6.07, 6.45) is 7.99. The second-order valence-corrected chi connectivity index (χ2v) is 10.9. The molecule has 1 saturated carbocycles. The minimum absolute atomic E-state index is 0.149. The van der Waals surface area contributed by atoms with E-state index in [0.717, 1.165) is 92.1 Å². The average molecular weight is 484 g/mol. The summed E-state index contributed by atoms with van der Waals surface area (Å²) in [5.41, 5.74) is 0.840. The standard InChI is InChI=1S/C31H37N3O2/c35-30(23-8-2-1-3-9-23)33-16-14-26(15-17-33)32-18-20-34(21-19-32)31(36)29-27-12-6-4-10-24(27)22-25-11-5-7-13-28(25)29/h4-7,10-13,22-23,26H,1-3,8-9,14-21H2. The van der Waals surface area contributed by atoms with Crippen molar-refractivity contribution in [2.75, 3.05) is 39.3 Å². The molecule has 3 aliphatic rings. The lowest BCUT2D eigenvalue weighted by Gasteiger charge is -2.43. The zero-order valence-corrected chi connectivity index (χ0v) is 21.2. The fourth-order valence-electron chi connectivity index (χ4n) is 6.75. The molecular weight excluding hydrogens is 446 g/mol. The van der Waals surface area contributed by atoms with Crippen LogP contribution < -0.4 is 0 Å². The predicted molar refractivity (Wildman–Crippen MR) is 145 cm³/mol. The highest BCUT2D eigenvalue weighted by atomic mass is 16.2. The van der Waals surface area contributed by atoms with E-state index in [2.05, 4.69) is 40.1 Å². The Morgan fingerprint density at radius 1 is 0.639 bits per heavy atom. The number of carbonyl (C=O) groups is 2. The van der Waals surface area contributed by atoms with E-state index in [4.69, 9.17) is 0 Å². The van der Waals surface area contributed by atoms with Crippen LogP contribution in [0, 0.1) is 5.92 Å². The Balaban J connectivity index is 1.10. The van der Waals surface area contributed by atoms with Crippen molar-refractivity contribution in [3.8, 4) is 0 Å². The maximum absolute atomic E-state index is 13.8. The van der Waals surface area contributed by atoms with Gasteiger partial charge in [0.05, 0.1) is 5.56 Å². The number of fused-ring (bicyclic) bond motifs is 2. The van der Waals surface area contributed by atoms with E-state index in [-0.39, 0.29) is 11.8 Å². The Bertz CT molecular complexity index is 1200. The van der Waals surface area contributed by atoms with Crippen molar-refractivity contribution in [2.45, 2.75) is 51.0 Å². The molecule has 188 valence electrons. The van der Waals surface area contributed by atoms with Crippen LogP contribution in [0.15, 0.2) is 54.6 Å². The van der Waals surface area contributed by atoms with E-state index in [0.29, 0.717) is 11.9 Å². The largest absolute Gasteiger partial charge is 0.342 e. The first-order valence-electron chi connectivity index (χ1n) is 13.9. The number of rotatable bonds is 3. The number of likely N-dealkylation sites (tertiary alicyclic amines) is 1. The first kappa shape index (κ1) is 23.5. The topological polar surface area (TPSA) is 43.9 Å². The monoisotopic (exact) mass is 483 g/mol. The average Bonchev–Trinajstić information content (AvgIpc) is 2.96. The highest BCUT2D eigenvalue weighted by molar-refractivity contribution is 6.18. The smallest absolute Gasteiger partial charge is 0.255 e. The first-order valence-corrected chi connectivity index (χ1v) is 13.9. The lowest BCUT2D eigenvalue weighted by Crippen LogP contribution is -2.55. The highest BCUT2D eigenvalue weighted by Crippen LogP contribution is 2.31. The molecule has 6 rings (SSSR count). The van der Waals surface area contributed by atoms with Gasteiger partial charge in [-0.3, -0.25) is 14.5 Å². The van der Waals surface area contributed by atoms with E-state index in [9.17, 15) is 9.59 Å². The van der Waals surface area contributed by atoms with Crippen molar-refractivity contribution in [1.82, 2.24) is 14.7 Å². The molecule has 1 aliphatic carbocycles. The molecule has 3 aromatic rings. The Morgan fingerprint density at radius 2 is 1.22 bits per heavy atom. The lowest BCUT2D eigenvalue weighted by molar-refractivity contribution is -0.138. The zero-order chi connectivity index (χ0) is 24.5. The summed E-state index contributed by atoms with van der Waals surface area (Å²) in [5.74, 6) is 0.830. The molecule has 0 radical (unpaired) electrons. The molecule has 3 aromatic carbocycles. The molecular formula is C31H37N3O2. The molecule has 2 saturated heterocycles. The third-order valence-corrected chi connectivity index (χ3v) is 8.83. The van der Waals surface area contributed by atoms with Crippen molar-refractivity contribution in [2.24, 2.45) is 5.92 Å². The highest BCUT2D eigenvalue weighted by Gasteiger charge is 2.33. The Kier molecular flexibility index (Phi) is 6.66. The molecule has 0 spiro atoms. The molecule has 5 nitrogen and oxygen atoms in total. The van der Waals surface area contributed by atoms with E-state index >= 15 is 0 Å². The van der Waals surface area contributed by atoms with Gasteiger partial charge in [-0.1, -0.05) is 67.8 Å². The SMILES string of the molecule is O=C(c1c2ccccc2cc2ccccc12)N1CCN(C2CCN(C(=O)C3CCCCC3)CC2)CC1. The number of amides is 2. The van der Waals surface area contributed by atoms with Gasteiger partial charge in [0, 0.05) is 51.2 Å². The Labute approximate surface area is 214 Å². The van der Waals surface area contributed by atoms with Crippen molar-refractivity contribution in [3.05, 3.63) is 60.2 Å². The minimum atomic E-state index is 0.149. The van der Waals surface area contributed by atoms with Gasteiger partial charge < -0.3 is 9.80 Å². The quantitative estimate of drug-likeness (QED) is 0.474. The molecule has 2 heterocycles. The number of piperazine rings is 1. The number of hydrogen-bond donors (Lipinski definition) is 0. The van der Waals surface area contributed by atoms with E-state index in [1.165, 1.54) is 19.3 Å². The lowest BCUT2D eigenvalue weighted by atomic mass is 9.87. The van der Waals surface area contributed by atoms with Gasteiger partial charge in [0.15, 0.2) is 0 Å². The third kappa shape index (κ3) is 4.50. The molecule has 0 unspecified atom stereocenters. The number of carbonyl (C=O) groups excluding carboxylic acids is 2. The fraction of sp³-hybridized carbons (Fsp3) is 0.484. The van der Waals surface area contributed by atoms with E-state index in [1.54, 1.807) is 0 Å². The molecule has 3 fully saturated rings. The second-order valence-electron chi connectivity index (χ2n) is 10.9. The van der Waals surface area contributed by atoms with Gasteiger partial charge in [-0.25, -0.2) is 0 Å². The third-order valence-electron chi connectivity index (χ3n) is 8.83. The maximum atomic E-state index is 13.8. The van der Waals surface area contributed by atoms with Crippen molar-refractivity contribution < 1.29 is 9.59 Å².